The molecule has 0 radical (unpaired) electrons. The molecule has 0 aromatic rings. The highest BCUT2D eigenvalue weighted by Crippen LogP contribution is 2.21. The van der Waals surface area contributed by atoms with Crippen LogP contribution in [0.3, 0.4) is 0 Å². The van der Waals surface area contributed by atoms with Crippen LogP contribution in [0.2, 0.25) is 0 Å². The van der Waals surface area contributed by atoms with Crippen LogP contribution in [-0.2, 0) is 4.74 Å². The Morgan fingerprint density at radius 3 is 2.69 bits per heavy atom. The molecular weight excluding hydrogens is 200 g/mol. The molecule has 0 aromatic heterocycles. The maximum atomic E-state index is 5.31. The van der Waals surface area contributed by atoms with Gasteiger partial charge in [0.1, 0.15) is 0 Å². The summed E-state index contributed by atoms with van der Waals surface area (Å²) in [5, 5.41) is 3.57. The Hall–Kier alpha value is -0.120. The Morgan fingerprint density at radius 1 is 1.44 bits per heavy atom. The van der Waals surface area contributed by atoms with E-state index in [9.17, 15) is 0 Å². The topological polar surface area (TPSA) is 24.5 Å². The summed E-state index contributed by atoms with van der Waals surface area (Å²) < 4.78 is 5.31. The molecule has 0 saturated carbocycles. The zero-order valence-corrected chi connectivity index (χ0v) is 11.3. The number of rotatable bonds is 6. The molecule has 3 nitrogen and oxygen atoms in total. The zero-order chi connectivity index (χ0) is 12.0. The van der Waals surface area contributed by atoms with Gasteiger partial charge in [0.05, 0.1) is 6.61 Å². The molecule has 16 heavy (non-hydrogen) atoms. The first-order valence-electron chi connectivity index (χ1n) is 6.70. The van der Waals surface area contributed by atoms with E-state index >= 15 is 0 Å². The van der Waals surface area contributed by atoms with E-state index in [-0.39, 0.29) is 0 Å². The van der Waals surface area contributed by atoms with E-state index < -0.39 is 0 Å². The average molecular weight is 228 g/mol. The van der Waals surface area contributed by atoms with Crippen molar-refractivity contribution in [2.45, 2.75) is 58.2 Å². The minimum absolute atomic E-state index is 0.600. The number of nitrogens with one attached hydrogen (secondary N) is 1. The van der Waals surface area contributed by atoms with Gasteiger partial charge in [0.25, 0.3) is 0 Å². The molecule has 1 aliphatic heterocycles. The summed E-state index contributed by atoms with van der Waals surface area (Å²) in [6, 6.07) is 2.00. The van der Waals surface area contributed by atoms with Crippen LogP contribution in [0.15, 0.2) is 0 Å². The molecule has 0 aromatic carbocycles. The Balaban J connectivity index is 2.44. The third kappa shape index (κ3) is 3.72. The van der Waals surface area contributed by atoms with Gasteiger partial charge in [-0.25, -0.2) is 0 Å². The van der Waals surface area contributed by atoms with E-state index in [2.05, 4.69) is 31.0 Å². The number of methoxy groups -OCH3 is 1. The molecule has 0 aliphatic carbocycles. The predicted octanol–water partition coefficient (Wildman–Crippen LogP) is 1.87. The van der Waals surface area contributed by atoms with Crippen LogP contribution in [-0.4, -0.2) is 49.8 Å². The lowest BCUT2D eigenvalue weighted by Gasteiger charge is -2.42. The molecule has 1 rings (SSSR count). The van der Waals surface area contributed by atoms with Crippen molar-refractivity contribution in [3.63, 3.8) is 0 Å². The number of likely N-dealkylation sites (tertiary alicyclic amines) is 1. The standard InChI is InChI=1S/C13H28N2O/c1-5-13(10-16-4)15-8-7-12(14-6-2)9-11(15)3/h11-14H,5-10H2,1-4H3. The van der Waals surface area contributed by atoms with Gasteiger partial charge >= 0.3 is 0 Å². The van der Waals surface area contributed by atoms with Gasteiger partial charge in [-0.15, -0.1) is 0 Å². The first-order chi connectivity index (χ1) is 7.72. The second kappa shape index (κ2) is 7.25. The summed E-state index contributed by atoms with van der Waals surface area (Å²) >= 11 is 0. The molecule has 0 spiro atoms. The smallest absolute Gasteiger partial charge is 0.0618 e. The monoisotopic (exact) mass is 228 g/mol. The van der Waals surface area contributed by atoms with E-state index in [0.717, 1.165) is 19.2 Å². The van der Waals surface area contributed by atoms with Crippen LogP contribution in [0.25, 0.3) is 0 Å². The summed E-state index contributed by atoms with van der Waals surface area (Å²) in [7, 11) is 1.80. The highest BCUT2D eigenvalue weighted by Gasteiger charge is 2.29. The lowest BCUT2D eigenvalue weighted by Crippen LogP contribution is -2.52. The van der Waals surface area contributed by atoms with E-state index in [4.69, 9.17) is 4.74 Å². The molecule has 1 aliphatic rings. The van der Waals surface area contributed by atoms with Gasteiger partial charge in [-0.1, -0.05) is 13.8 Å². The molecule has 1 saturated heterocycles. The SMILES string of the molecule is CCNC1CCN(C(CC)COC)C(C)C1. The number of hydrogen-bond acceptors (Lipinski definition) is 3. The average Bonchev–Trinajstić information content (AvgIpc) is 2.27. The molecule has 0 bridgehead atoms. The van der Waals surface area contributed by atoms with E-state index in [1.807, 2.05) is 0 Å². The third-order valence-electron chi connectivity index (χ3n) is 3.72. The lowest BCUT2D eigenvalue weighted by atomic mass is 9.96. The largest absolute Gasteiger partial charge is 0.383 e. The second-order valence-electron chi connectivity index (χ2n) is 4.88. The van der Waals surface area contributed by atoms with E-state index in [1.165, 1.54) is 25.8 Å². The van der Waals surface area contributed by atoms with Crippen LogP contribution in [0, 0.1) is 0 Å². The molecule has 3 heteroatoms. The van der Waals surface area contributed by atoms with Crippen LogP contribution in [0.5, 0.6) is 0 Å². The van der Waals surface area contributed by atoms with Crippen LogP contribution >= 0.6 is 0 Å². The van der Waals surface area contributed by atoms with Gasteiger partial charge in [-0.05, 0) is 32.7 Å². The maximum absolute atomic E-state index is 5.31. The Kier molecular flexibility index (Phi) is 6.32. The fraction of sp³-hybridized carbons (Fsp3) is 1.00. The van der Waals surface area contributed by atoms with Crippen molar-refractivity contribution >= 4 is 0 Å². The summed E-state index contributed by atoms with van der Waals surface area (Å²) in [5.41, 5.74) is 0. The normalized spacial score (nSPS) is 29.2. The van der Waals surface area contributed by atoms with Gasteiger partial charge in [-0.2, -0.15) is 0 Å². The van der Waals surface area contributed by atoms with Gasteiger partial charge in [0.2, 0.25) is 0 Å². The number of piperidine rings is 1. The number of ether oxygens (including phenoxy) is 1. The van der Waals surface area contributed by atoms with Crippen molar-refractivity contribution < 1.29 is 4.74 Å². The minimum Gasteiger partial charge on any atom is -0.383 e. The molecule has 3 atom stereocenters. The van der Waals surface area contributed by atoms with E-state index in [1.54, 1.807) is 7.11 Å². The van der Waals surface area contributed by atoms with Gasteiger partial charge in [-0.3, -0.25) is 4.90 Å². The van der Waals surface area contributed by atoms with Crippen molar-refractivity contribution in [2.24, 2.45) is 0 Å². The van der Waals surface area contributed by atoms with Gasteiger partial charge in [0.15, 0.2) is 0 Å². The molecule has 96 valence electrons. The first-order valence-corrected chi connectivity index (χ1v) is 6.70. The Labute approximate surface area is 101 Å². The third-order valence-corrected chi connectivity index (χ3v) is 3.72. The molecular formula is C13H28N2O. The second-order valence-corrected chi connectivity index (χ2v) is 4.88. The van der Waals surface area contributed by atoms with Crippen LogP contribution in [0.4, 0.5) is 0 Å². The fourth-order valence-electron chi connectivity index (χ4n) is 2.85. The summed E-state index contributed by atoms with van der Waals surface area (Å²) in [6.45, 7) is 9.96. The number of hydrogen-bond donors (Lipinski definition) is 1. The van der Waals surface area contributed by atoms with Crippen molar-refractivity contribution in [3.05, 3.63) is 0 Å². The fourth-order valence-corrected chi connectivity index (χ4v) is 2.85. The highest BCUT2D eigenvalue weighted by atomic mass is 16.5. The molecule has 0 amide bonds. The number of nitrogens with zero attached hydrogens (tertiary/aromatic N) is 1. The maximum Gasteiger partial charge on any atom is 0.0618 e. The summed E-state index contributed by atoms with van der Waals surface area (Å²) in [5.74, 6) is 0. The Morgan fingerprint density at radius 2 is 2.19 bits per heavy atom. The van der Waals surface area contributed by atoms with Gasteiger partial charge < -0.3 is 10.1 Å². The summed E-state index contributed by atoms with van der Waals surface area (Å²) in [6.07, 6.45) is 3.73. The first kappa shape index (κ1) is 13.9. The predicted molar refractivity (Wildman–Crippen MR) is 68.8 cm³/mol. The molecule has 1 heterocycles. The quantitative estimate of drug-likeness (QED) is 0.751. The van der Waals surface area contributed by atoms with E-state index in [0.29, 0.717) is 12.1 Å². The summed E-state index contributed by atoms with van der Waals surface area (Å²) in [4.78, 5) is 2.62. The highest BCUT2D eigenvalue weighted by molar-refractivity contribution is 4.86. The van der Waals surface area contributed by atoms with Crippen molar-refractivity contribution in [1.82, 2.24) is 10.2 Å². The Bertz CT molecular complexity index is 187. The van der Waals surface area contributed by atoms with Crippen LogP contribution in [0.1, 0.15) is 40.0 Å². The molecule has 1 fully saturated rings. The van der Waals surface area contributed by atoms with Crippen molar-refractivity contribution in [2.75, 3.05) is 26.8 Å². The zero-order valence-electron chi connectivity index (χ0n) is 11.3. The van der Waals surface area contributed by atoms with Crippen LogP contribution < -0.4 is 5.32 Å². The molecule has 3 unspecified atom stereocenters. The molecule has 1 N–H and O–H groups in total. The van der Waals surface area contributed by atoms with Crippen molar-refractivity contribution in [3.8, 4) is 0 Å². The van der Waals surface area contributed by atoms with Gasteiger partial charge in [0, 0.05) is 31.8 Å². The minimum atomic E-state index is 0.600. The van der Waals surface area contributed by atoms with Crippen molar-refractivity contribution in [1.29, 1.82) is 0 Å². The lowest BCUT2D eigenvalue weighted by molar-refractivity contribution is 0.0361.